The van der Waals surface area contributed by atoms with Gasteiger partial charge in [-0.1, -0.05) is 48.2 Å². The Morgan fingerprint density at radius 1 is 1.17 bits per heavy atom. The maximum atomic E-state index is 11.4. The van der Waals surface area contributed by atoms with Gasteiger partial charge in [-0.3, -0.25) is 4.79 Å². The maximum Gasteiger partial charge on any atom is 0.307 e. The molecule has 1 saturated heterocycles. The van der Waals surface area contributed by atoms with E-state index in [0.29, 0.717) is 13.0 Å². The van der Waals surface area contributed by atoms with Crippen LogP contribution in [0, 0.1) is 11.8 Å². The summed E-state index contributed by atoms with van der Waals surface area (Å²) in [6, 6.07) is 14.2. The minimum absolute atomic E-state index is 0.0166. The minimum atomic E-state index is -0.817. The number of carboxylic acid groups (broad SMARTS) is 1. The van der Waals surface area contributed by atoms with E-state index < -0.39 is 5.97 Å². The number of benzene rings is 2. The molecule has 2 aliphatic rings. The van der Waals surface area contributed by atoms with Gasteiger partial charge in [-0.2, -0.15) is 0 Å². The SMILES string of the molecule is O=C(O)CC1=Cc2ccc(C#CCCOC3CCCCO3)cc2Cc2ccccc21. The zero-order valence-corrected chi connectivity index (χ0v) is 17.0. The Labute approximate surface area is 177 Å². The lowest BCUT2D eigenvalue weighted by Gasteiger charge is -2.22. The van der Waals surface area contributed by atoms with Crippen LogP contribution in [-0.4, -0.2) is 30.6 Å². The van der Waals surface area contributed by atoms with Crippen LogP contribution >= 0.6 is 0 Å². The second-order valence-corrected chi connectivity index (χ2v) is 7.71. The van der Waals surface area contributed by atoms with Gasteiger partial charge >= 0.3 is 5.97 Å². The largest absolute Gasteiger partial charge is 0.481 e. The van der Waals surface area contributed by atoms with Crippen molar-refractivity contribution in [2.45, 2.75) is 44.8 Å². The van der Waals surface area contributed by atoms with Gasteiger partial charge in [0.2, 0.25) is 0 Å². The maximum absolute atomic E-state index is 11.4. The lowest BCUT2D eigenvalue weighted by molar-refractivity contribution is -0.161. The summed E-state index contributed by atoms with van der Waals surface area (Å²) in [5.41, 5.74) is 6.21. The number of fused-ring (bicyclic) bond motifs is 2. The normalized spacial score (nSPS) is 17.6. The number of carboxylic acids is 1. The van der Waals surface area contributed by atoms with Gasteiger partial charge in [0.1, 0.15) is 0 Å². The summed E-state index contributed by atoms with van der Waals surface area (Å²) in [5.74, 6) is 5.61. The molecule has 4 rings (SSSR count). The first-order chi connectivity index (χ1) is 14.7. The van der Waals surface area contributed by atoms with Crippen molar-refractivity contribution >= 4 is 17.6 Å². The summed E-state index contributed by atoms with van der Waals surface area (Å²) >= 11 is 0. The molecule has 2 aromatic rings. The van der Waals surface area contributed by atoms with Crippen molar-refractivity contribution in [2.75, 3.05) is 13.2 Å². The first kappa shape index (κ1) is 20.4. The quantitative estimate of drug-likeness (QED) is 0.571. The number of hydrogen-bond acceptors (Lipinski definition) is 3. The van der Waals surface area contributed by atoms with Crippen molar-refractivity contribution in [3.8, 4) is 11.8 Å². The van der Waals surface area contributed by atoms with E-state index in [0.717, 1.165) is 60.1 Å². The Hall–Kier alpha value is -2.87. The van der Waals surface area contributed by atoms with Crippen LogP contribution in [0.25, 0.3) is 11.6 Å². The molecule has 1 fully saturated rings. The second-order valence-electron chi connectivity index (χ2n) is 7.71. The molecule has 0 amide bonds. The van der Waals surface area contributed by atoms with Crippen LogP contribution in [0.5, 0.6) is 0 Å². The topological polar surface area (TPSA) is 55.8 Å². The van der Waals surface area contributed by atoms with E-state index in [9.17, 15) is 9.90 Å². The van der Waals surface area contributed by atoms with Crippen molar-refractivity contribution in [2.24, 2.45) is 0 Å². The van der Waals surface area contributed by atoms with Crippen molar-refractivity contribution in [1.29, 1.82) is 0 Å². The first-order valence-corrected chi connectivity index (χ1v) is 10.5. The highest BCUT2D eigenvalue weighted by molar-refractivity contribution is 5.93. The molecule has 1 N–H and O–H groups in total. The number of hydrogen-bond donors (Lipinski definition) is 1. The van der Waals surface area contributed by atoms with Crippen molar-refractivity contribution in [3.63, 3.8) is 0 Å². The molecule has 4 heteroatoms. The predicted molar refractivity (Wildman–Crippen MR) is 117 cm³/mol. The lowest BCUT2D eigenvalue weighted by Crippen LogP contribution is -2.22. The van der Waals surface area contributed by atoms with Gasteiger partial charge < -0.3 is 14.6 Å². The number of ether oxygens (including phenoxy) is 2. The van der Waals surface area contributed by atoms with Gasteiger partial charge in [0.15, 0.2) is 6.29 Å². The monoisotopic (exact) mass is 402 g/mol. The Balaban J connectivity index is 1.47. The van der Waals surface area contributed by atoms with E-state index in [1.54, 1.807) is 0 Å². The van der Waals surface area contributed by atoms with Crippen LogP contribution in [0.2, 0.25) is 0 Å². The molecular weight excluding hydrogens is 376 g/mol. The predicted octanol–water partition coefficient (Wildman–Crippen LogP) is 4.89. The highest BCUT2D eigenvalue weighted by Crippen LogP contribution is 2.32. The van der Waals surface area contributed by atoms with E-state index in [1.807, 2.05) is 36.4 Å². The summed E-state index contributed by atoms with van der Waals surface area (Å²) in [4.78, 5) is 11.4. The summed E-state index contributed by atoms with van der Waals surface area (Å²) in [6.45, 7) is 1.37. The zero-order valence-electron chi connectivity index (χ0n) is 17.0. The molecule has 4 nitrogen and oxygen atoms in total. The van der Waals surface area contributed by atoms with E-state index in [4.69, 9.17) is 9.47 Å². The molecule has 1 aliphatic carbocycles. The molecule has 1 unspecified atom stereocenters. The summed E-state index contributed by atoms with van der Waals surface area (Å²) in [5, 5.41) is 9.32. The summed E-state index contributed by atoms with van der Waals surface area (Å²) in [6.07, 6.45) is 6.64. The van der Waals surface area contributed by atoms with Gasteiger partial charge in [-0.25, -0.2) is 0 Å². The molecule has 2 aromatic carbocycles. The van der Waals surface area contributed by atoms with Gasteiger partial charge in [0.25, 0.3) is 0 Å². The lowest BCUT2D eigenvalue weighted by atomic mass is 9.96. The molecule has 0 bridgehead atoms. The zero-order chi connectivity index (χ0) is 20.8. The van der Waals surface area contributed by atoms with Crippen LogP contribution in [0.4, 0.5) is 0 Å². The molecule has 0 aromatic heterocycles. The number of aliphatic carboxylic acids is 1. The third kappa shape index (κ3) is 5.18. The smallest absolute Gasteiger partial charge is 0.307 e. The Morgan fingerprint density at radius 2 is 2.07 bits per heavy atom. The Kier molecular flexibility index (Phi) is 6.63. The highest BCUT2D eigenvalue weighted by Gasteiger charge is 2.17. The second kappa shape index (κ2) is 9.75. The van der Waals surface area contributed by atoms with Crippen molar-refractivity contribution in [3.05, 3.63) is 70.3 Å². The molecule has 154 valence electrons. The van der Waals surface area contributed by atoms with Crippen LogP contribution < -0.4 is 0 Å². The first-order valence-electron chi connectivity index (χ1n) is 10.5. The molecule has 1 heterocycles. The summed E-state index contributed by atoms with van der Waals surface area (Å²) < 4.78 is 11.3. The Bertz CT molecular complexity index is 1000. The van der Waals surface area contributed by atoms with E-state index in [-0.39, 0.29) is 12.7 Å². The van der Waals surface area contributed by atoms with Gasteiger partial charge in [-0.05, 0) is 65.6 Å². The Morgan fingerprint density at radius 3 is 2.90 bits per heavy atom. The van der Waals surface area contributed by atoms with Crippen molar-refractivity contribution < 1.29 is 19.4 Å². The fourth-order valence-electron chi connectivity index (χ4n) is 3.99. The molecule has 1 aliphatic heterocycles. The number of carbonyl (C=O) groups is 1. The molecule has 0 spiro atoms. The van der Waals surface area contributed by atoms with Crippen LogP contribution in [-0.2, 0) is 20.7 Å². The third-order valence-electron chi connectivity index (χ3n) is 5.46. The average molecular weight is 402 g/mol. The van der Waals surface area contributed by atoms with Crippen molar-refractivity contribution in [1.82, 2.24) is 0 Å². The molecule has 1 atom stereocenters. The molecule has 0 radical (unpaired) electrons. The van der Waals surface area contributed by atoms with Gasteiger partial charge in [-0.15, -0.1) is 0 Å². The molecule has 30 heavy (non-hydrogen) atoms. The third-order valence-corrected chi connectivity index (χ3v) is 5.46. The molecular formula is C26H26O4. The van der Waals surface area contributed by atoms with E-state index >= 15 is 0 Å². The molecule has 0 saturated carbocycles. The fraction of sp³-hybridized carbons (Fsp3) is 0.346. The van der Waals surface area contributed by atoms with E-state index in [1.165, 1.54) is 5.56 Å². The van der Waals surface area contributed by atoms with Gasteiger partial charge in [0.05, 0.1) is 13.0 Å². The van der Waals surface area contributed by atoms with Crippen LogP contribution in [0.15, 0.2) is 42.5 Å². The van der Waals surface area contributed by atoms with Crippen LogP contribution in [0.3, 0.4) is 0 Å². The number of rotatable bonds is 5. The standard InChI is InChI=1S/C26H26O4/c27-25(28)18-23-16-20-12-11-19(7-3-5-13-29-26-10-4-6-14-30-26)15-22(20)17-21-8-1-2-9-24(21)23/h1-2,8-9,11-12,15-16,26H,4-6,10,13-14,17-18H2,(H,27,28). The summed E-state index contributed by atoms with van der Waals surface area (Å²) in [7, 11) is 0. The van der Waals surface area contributed by atoms with E-state index in [2.05, 4.69) is 24.0 Å². The average Bonchev–Trinajstić information content (AvgIpc) is 2.90. The highest BCUT2D eigenvalue weighted by atomic mass is 16.7. The minimum Gasteiger partial charge on any atom is -0.481 e. The van der Waals surface area contributed by atoms with Gasteiger partial charge in [0, 0.05) is 18.6 Å². The van der Waals surface area contributed by atoms with Crippen LogP contribution in [0.1, 0.15) is 59.9 Å². The fourth-order valence-corrected chi connectivity index (χ4v) is 3.99.